The van der Waals surface area contributed by atoms with Crippen molar-refractivity contribution < 1.29 is 19.3 Å². The zero-order valence-corrected chi connectivity index (χ0v) is 15.0. The summed E-state index contributed by atoms with van der Waals surface area (Å²) in [6, 6.07) is 3.41. The van der Waals surface area contributed by atoms with Gasteiger partial charge in [-0.25, -0.2) is 4.39 Å². The van der Waals surface area contributed by atoms with E-state index >= 15 is 0 Å². The first-order valence-corrected chi connectivity index (χ1v) is 10.2. The molecule has 0 radical (unpaired) electrons. The van der Waals surface area contributed by atoms with Crippen LogP contribution in [0, 0.1) is 11.7 Å². The molecule has 1 aromatic rings. The summed E-state index contributed by atoms with van der Waals surface area (Å²) in [5.74, 6) is 0.679. The average Bonchev–Trinajstić information content (AvgIpc) is 2.93. The molecule has 0 amide bonds. The van der Waals surface area contributed by atoms with Crippen LogP contribution in [0.3, 0.4) is 0 Å². The highest BCUT2D eigenvalue weighted by Crippen LogP contribution is 2.64. The summed E-state index contributed by atoms with van der Waals surface area (Å²) in [6.45, 7) is 1.95. The highest BCUT2D eigenvalue weighted by molar-refractivity contribution is 5.58. The Hall–Kier alpha value is -1.17. The number of rotatable bonds is 2. The zero-order valence-electron chi connectivity index (χ0n) is 15.0. The van der Waals surface area contributed by atoms with E-state index in [-0.39, 0.29) is 17.6 Å². The second-order valence-electron chi connectivity index (χ2n) is 9.21. The SMILES string of the molecule is O[C@H]1CC[C@@]2(O)[C@H]3Cc4ccc([18F])c5c4[C@@]2(CCN3CC2CCC2)[C@H]1O5. The molecular formula is C21H26FNO3. The number of halogens is 1. The lowest BCUT2D eigenvalue weighted by atomic mass is 9.48. The lowest BCUT2D eigenvalue weighted by molar-refractivity contribution is -0.209. The Morgan fingerprint density at radius 3 is 2.85 bits per heavy atom. The third-order valence-electron chi connectivity index (χ3n) is 8.23. The zero-order chi connectivity index (χ0) is 17.7. The van der Waals surface area contributed by atoms with Crippen LogP contribution in [0.4, 0.5) is 4.39 Å². The standard InChI is InChI=1S/C21H26FNO3/c22-14-5-4-13-10-16-21(25)7-6-15(24)19-20(21,17(13)18(14)26-19)8-9-23(16)11-12-2-1-3-12/h4-5,12,15-16,19,24-25H,1-3,6-11H2/t15-,16+,19-,20-,21+/m0/s1/i22-1. The molecule has 1 aromatic carbocycles. The van der Waals surface area contributed by atoms with E-state index in [0.29, 0.717) is 12.8 Å². The number of nitrogens with zero attached hydrogens (tertiary/aromatic N) is 1. The molecule has 4 nitrogen and oxygen atoms in total. The Balaban J connectivity index is 1.52. The van der Waals surface area contributed by atoms with E-state index < -0.39 is 23.2 Å². The van der Waals surface area contributed by atoms with Crippen LogP contribution >= 0.6 is 0 Å². The van der Waals surface area contributed by atoms with Gasteiger partial charge in [0.2, 0.25) is 0 Å². The number of piperidine rings is 1. The summed E-state index contributed by atoms with van der Waals surface area (Å²) in [7, 11) is 0. The molecule has 140 valence electrons. The summed E-state index contributed by atoms with van der Waals surface area (Å²) in [6.07, 6.45) is 5.30. The number of hydrogen-bond donors (Lipinski definition) is 2. The number of ether oxygens (including phenoxy) is 1. The van der Waals surface area contributed by atoms with Crippen molar-refractivity contribution in [2.24, 2.45) is 5.92 Å². The molecule has 2 N–H and O–H groups in total. The fraction of sp³-hybridized carbons (Fsp3) is 0.714. The van der Waals surface area contributed by atoms with Crippen molar-refractivity contribution in [3.63, 3.8) is 0 Å². The predicted molar refractivity (Wildman–Crippen MR) is 93.7 cm³/mol. The Morgan fingerprint density at radius 2 is 2.08 bits per heavy atom. The van der Waals surface area contributed by atoms with Gasteiger partial charge >= 0.3 is 0 Å². The first-order chi connectivity index (χ1) is 12.5. The van der Waals surface area contributed by atoms with Crippen molar-refractivity contribution in [3.8, 4) is 5.75 Å². The Morgan fingerprint density at radius 1 is 1.23 bits per heavy atom. The lowest BCUT2D eigenvalue weighted by Gasteiger charge is -2.64. The van der Waals surface area contributed by atoms with E-state index in [2.05, 4.69) is 4.90 Å². The van der Waals surface area contributed by atoms with Crippen molar-refractivity contribution >= 4 is 0 Å². The number of likely N-dealkylation sites (tertiary alicyclic amines) is 1. The molecule has 5 aliphatic rings. The van der Waals surface area contributed by atoms with Gasteiger partial charge in [-0.05, 0) is 62.6 Å². The van der Waals surface area contributed by atoms with E-state index in [9.17, 15) is 14.6 Å². The minimum Gasteiger partial charge on any atom is -0.483 e. The minimum absolute atomic E-state index is 0.0411. The van der Waals surface area contributed by atoms with Crippen LogP contribution in [-0.2, 0) is 11.8 Å². The van der Waals surface area contributed by atoms with Crippen LogP contribution in [0.2, 0.25) is 0 Å². The summed E-state index contributed by atoms with van der Waals surface area (Å²) in [5.41, 5.74) is 0.371. The molecule has 3 fully saturated rings. The van der Waals surface area contributed by atoms with Gasteiger partial charge in [-0.2, -0.15) is 0 Å². The first kappa shape index (κ1) is 15.8. The smallest absolute Gasteiger partial charge is 0.165 e. The maximum absolute atomic E-state index is 14.5. The van der Waals surface area contributed by atoms with Gasteiger partial charge < -0.3 is 14.9 Å². The van der Waals surface area contributed by atoms with Crippen LogP contribution in [0.25, 0.3) is 0 Å². The van der Waals surface area contributed by atoms with E-state index in [1.807, 2.05) is 6.07 Å². The van der Waals surface area contributed by atoms with Crippen LogP contribution in [0.1, 0.15) is 49.7 Å². The molecule has 2 bridgehead atoms. The lowest BCUT2D eigenvalue weighted by Crippen LogP contribution is -2.77. The Kier molecular flexibility index (Phi) is 3.05. The van der Waals surface area contributed by atoms with Gasteiger partial charge in [0.05, 0.1) is 17.1 Å². The van der Waals surface area contributed by atoms with Crippen molar-refractivity contribution in [2.45, 2.75) is 74.2 Å². The minimum atomic E-state index is -0.940. The molecule has 0 aromatic heterocycles. The molecule has 1 spiro atoms. The average molecular weight is 358 g/mol. The van der Waals surface area contributed by atoms with Crippen LogP contribution in [0.5, 0.6) is 5.75 Å². The van der Waals surface area contributed by atoms with Gasteiger partial charge in [-0.15, -0.1) is 0 Å². The number of hydrogen-bond acceptors (Lipinski definition) is 4. The predicted octanol–water partition coefficient (Wildman–Crippen LogP) is 2.14. The molecule has 26 heavy (non-hydrogen) atoms. The van der Waals surface area contributed by atoms with Crippen molar-refractivity contribution in [2.75, 3.05) is 13.1 Å². The third-order valence-corrected chi connectivity index (χ3v) is 8.23. The van der Waals surface area contributed by atoms with Crippen LogP contribution < -0.4 is 4.74 Å². The molecule has 2 aliphatic heterocycles. The number of aliphatic hydroxyl groups excluding tert-OH is 1. The maximum atomic E-state index is 14.5. The van der Waals surface area contributed by atoms with Crippen LogP contribution in [0.15, 0.2) is 12.1 Å². The second-order valence-corrected chi connectivity index (χ2v) is 9.21. The van der Waals surface area contributed by atoms with Gasteiger partial charge in [0.1, 0.15) is 6.10 Å². The van der Waals surface area contributed by atoms with E-state index in [1.165, 1.54) is 25.3 Å². The molecule has 5 heteroatoms. The van der Waals surface area contributed by atoms with Gasteiger partial charge in [-0.3, -0.25) is 4.90 Å². The maximum Gasteiger partial charge on any atom is 0.165 e. The summed E-state index contributed by atoms with van der Waals surface area (Å²) in [4.78, 5) is 2.49. The summed E-state index contributed by atoms with van der Waals surface area (Å²) < 4.78 is 20.6. The molecule has 1 saturated heterocycles. The molecule has 5 atom stereocenters. The summed E-state index contributed by atoms with van der Waals surface area (Å²) in [5, 5.41) is 22.7. The molecule has 0 unspecified atom stereocenters. The van der Waals surface area contributed by atoms with Crippen molar-refractivity contribution in [3.05, 3.63) is 29.1 Å². The largest absolute Gasteiger partial charge is 0.483 e. The summed E-state index contributed by atoms with van der Waals surface area (Å²) >= 11 is 0. The molecule has 6 rings (SSSR count). The highest BCUT2D eigenvalue weighted by atomic mass is 18.2. The fourth-order valence-electron chi connectivity index (χ4n) is 6.81. The van der Waals surface area contributed by atoms with Gasteiger partial charge in [0, 0.05) is 18.2 Å². The third kappa shape index (κ3) is 1.67. The van der Waals surface area contributed by atoms with Crippen LogP contribution in [-0.4, -0.2) is 52.1 Å². The number of aliphatic hydroxyl groups is 2. The van der Waals surface area contributed by atoms with Gasteiger partial charge in [-0.1, -0.05) is 12.5 Å². The quantitative estimate of drug-likeness (QED) is 0.851. The fourth-order valence-corrected chi connectivity index (χ4v) is 6.81. The Labute approximate surface area is 153 Å². The normalized spacial score (nSPS) is 43.6. The van der Waals surface area contributed by atoms with Gasteiger partial charge in [0.15, 0.2) is 11.6 Å². The highest BCUT2D eigenvalue weighted by Gasteiger charge is 2.72. The second kappa shape index (κ2) is 5.00. The Bertz CT molecular complexity index is 781. The first-order valence-electron chi connectivity index (χ1n) is 10.2. The van der Waals surface area contributed by atoms with E-state index in [1.54, 1.807) is 0 Å². The van der Waals surface area contributed by atoms with E-state index in [0.717, 1.165) is 43.0 Å². The molecular weight excluding hydrogens is 332 g/mol. The molecule has 2 heterocycles. The topological polar surface area (TPSA) is 52.9 Å². The van der Waals surface area contributed by atoms with Gasteiger partial charge in [0.25, 0.3) is 0 Å². The van der Waals surface area contributed by atoms with Crippen molar-refractivity contribution in [1.82, 2.24) is 4.90 Å². The van der Waals surface area contributed by atoms with E-state index in [4.69, 9.17) is 4.74 Å². The molecule has 2 saturated carbocycles. The molecule has 3 aliphatic carbocycles. The monoisotopic (exact) mass is 358 g/mol. The number of benzene rings is 1. The van der Waals surface area contributed by atoms with Crippen molar-refractivity contribution in [1.29, 1.82) is 0 Å².